The molecule has 0 radical (unpaired) electrons. The van der Waals surface area contributed by atoms with Gasteiger partial charge in [-0.15, -0.1) is 0 Å². The van der Waals surface area contributed by atoms with Crippen molar-refractivity contribution in [2.75, 3.05) is 5.32 Å². The molecule has 0 atom stereocenters. The van der Waals surface area contributed by atoms with Crippen LogP contribution < -0.4 is 5.32 Å². The van der Waals surface area contributed by atoms with Crippen molar-refractivity contribution in [3.8, 4) is 0 Å². The van der Waals surface area contributed by atoms with Gasteiger partial charge in [0.1, 0.15) is 0 Å². The van der Waals surface area contributed by atoms with Gasteiger partial charge in [-0.25, -0.2) is 0 Å². The van der Waals surface area contributed by atoms with Gasteiger partial charge in [-0.05, 0) is 19.1 Å². The van der Waals surface area contributed by atoms with E-state index in [4.69, 9.17) is 28.6 Å². The topological polar surface area (TPSA) is 35.9 Å². The van der Waals surface area contributed by atoms with Gasteiger partial charge in [-0.3, -0.25) is 5.41 Å². The van der Waals surface area contributed by atoms with E-state index in [0.29, 0.717) is 21.6 Å². The molecule has 0 unspecified atom stereocenters. The molecule has 2 N–H and O–H groups in total. The summed E-state index contributed by atoms with van der Waals surface area (Å²) in [4.78, 5) is 0. The average molecular weight is 203 g/mol. The van der Waals surface area contributed by atoms with Crippen LogP contribution in [0.25, 0.3) is 0 Å². The molecule has 0 fully saturated rings. The lowest BCUT2D eigenvalue weighted by molar-refractivity contribution is 1.44. The van der Waals surface area contributed by atoms with Crippen molar-refractivity contribution in [3.63, 3.8) is 0 Å². The molecule has 0 aliphatic carbocycles. The Labute approximate surface area is 81.0 Å². The second kappa shape index (κ2) is 3.78. The minimum absolute atomic E-state index is 0.333. The Morgan fingerprint density at radius 2 is 2.08 bits per heavy atom. The van der Waals surface area contributed by atoms with Gasteiger partial charge >= 0.3 is 0 Å². The molecule has 0 spiro atoms. The fraction of sp³-hybridized carbons (Fsp3) is 0.125. The van der Waals surface area contributed by atoms with E-state index in [2.05, 4.69) is 5.32 Å². The van der Waals surface area contributed by atoms with Gasteiger partial charge in [-0.1, -0.05) is 29.3 Å². The first-order valence-corrected chi connectivity index (χ1v) is 4.13. The number of anilines is 1. The molecule has 0 aromatic heterocycles. The van der Waals surface area contributed by atoms with Crippen LogP contribution >= 0.6 is 23.2 Å². The standard InChI is InChI=1S/C8H8Cl2N2/c1-5(11)12-7-4-2-3-6(9)8(7)10/h2-4H,1H3,(H2,11,12). The van der Waals surface area contributed by atoms with Crippen molar-refractivity contribution in [2.24, 2.45) is 0 Å². The van der Waals surface area contributed by atoms with Crippen LogP contribution in [0.3, 0.4) is 0 Å². The van der Waals surface area contributed by atoms with Crippen LogP contribution in [-0.4, -0.2) is 5.84 Å². The van der Waals surface area contributed by atoms with Gasteiger partial charge in [0.15, 0.2) is 0 Å². The highest BCUT2D eigenvalue weighted by molar-refractivity contribution is 6.43. The van der Waals surface area contributed by atoms with Gasteiger partial charge < -0.3 is 5.32 Å². The SMILES string of the molecule is CC(=N)Nc1cccc(Cl)c1Cl. The summed E-state index contributed by atoms with van der Waals surface area (Å²) in [6.07, 6.45) is 0. The lowest BCUT2D eigenvalue weighted by Gasteiger charge is -2.06. The summed E-state index contributed by atoms with van der Waals surface area (Å²) < 4.78 is 0. The van der Waals surface area contributed by atoms with Crippen LogP contribution in [0.15, 0.2) is 18.2 Å². The predicted octanol–water partition coefficient (Wildman–Crippen LogP) is 3.40. The van der Waals surface area contributed by atoms with Crippen molar-refractivity contribution in [1.82, 2.24) is 0 Å². The number of rotatable bonds is 1. The minimum Gasteiger partial charge on any atom is -0.343 e. The molecule has 64 valence electrons. The van der Waals surface area contributed by atoms with Crippen molar-refractivity contribution in [2.45, 2.75) is 6.92 Å². The number of benzene rings is 1. The third-order valence-electron chi connectivity index (χ3n) is 1.27. The van der Waals surface area contributed by atoms with Gasteiger partial charge in [-0.2, -0.15) is 0 Å². The molecule has 4 heteroatoms. The summed E-state index contributed by atoms with van der Waals surface area (Å²) in [5.41, 5.74) is 0.664. The third-order valence-corrected chi connectivity index (χ3v) is 2.09. The Morgan fingerprint density at radius 3 is 2.67 bits per heavy atom. The molecule has 0 aliphatic heterocycles. The van der Waals surface area contributed by atoms with Gasteiger partial charge in [0.25, 0.3) is 0 Å². The number of hydrogen-bond acceptors (Lipinski definition) is 1. The lowest BCUT2D eigenvalue weighted by Crippen LogP contribution is -2.05. The van der Waals surface area contributed by atoms with Crippen molar-refractivity contribution >= 4 is 34.7 Å². The molecule has 1 aromatic rings. The molecule has 2 nitrogen and oxygen atoms in total. The molecule has 0 aliphatic rings. The predicted molar refractivity (Wildman–Crippen MR) is 53.5 cm³/mol. The average Bonchev–Trinajstić information content (AvgIpc) is 1.98. The Kier molecular flexibility index (Phi) is 2.95. The van der Waals surface area contributed by atoms with Gasteiger partial charge in [0, 0.05) is 0 Å². The zero-order valence-corrected chi connectivity index (χ0v) is 8.00. The first kappa shape index (κ1) is 9.36. The van der Waals surface area contributed by atoms with E-state index in [-0.39, 0.29) is 0 Å². The smallest absolute Gasteiger partial charge is 0.0944 e. The molecule has 12 heavy (non-hydrogen) atoms. The summed E-state index contributed by atoms with van der Waals surface area (Å²) in [7, 11) is 0. The number of hydrogen-bond donors (Lipinski definition) is 2. The van der Waals surface area contributed by atoms with E-state index >= 15 is 0 Å². The normalized spacial score (nSPS) is 9.58. The van der Waals surface area contributed by atoms with Crippen LogP contribution in [0.2, 0.25) is 10.0 Å². The monoisotopic (exact) mass is 202 g/mol. The van der Waals surface area contributed by atoms with E-state index in [9.17, 15) is 0 Å². The van der Waals surface area contributed by atoms with Crippen LogP contribution in [-0.2, 0) is 0 Å². The van der Waals surface area contributed by atoms with E-state index in [1.54, 1.807) is 25.1 Å². The van der Waals surface area contributed by atoms with Crippen molar-refractivity contribution in [1.29, 1.82) is 5.41 Å². The zero-order valence-electron chi connectivity index (χ0n) is 6.49. The highest BCUT2D eigenvalue weighted by Gasteiger charge is 2.02. The summed E-state index contributed by atoms with van der Waals surface area (Å²) in [5.74, 6) is 0.333. The zero-order chi connectivity index (χ0) is 9.14. The molecule has 0 saturated carbocycles. The molecule has 0 bridgehead atoms. The summed E-state index contributed by atoms with van der Waals surface area (Å²) >= 11 is 11.6. The number of halogens is 2. The lowest BCUT2D eigenvalue weighted by atomic mass is 10.3. The molecule has 0 heterocycles. The first-order valence-electron chi connectivity index (χ1n) is 3.37. The highest BCUT2D eigenvalue weighted by Crippen LogP contribution is 2.29. The molecular weight excluding hydrogens is 195 g/mol. The maximum atomic E-state index is 7.19. The van der Waals surface area contributed by atoms with E-state index in [0.717, 1.165) is 0 Å². The Hall–Kier alpha value is -0.730. The van der Waals surface area contributed by atoms with E-state index < -0.39 is 0 Å². The highest BCUT2D eigenvalue weighted by atomic mass is 35.5. The van der Waals surface area contributed by atoms with Gasteiger partial charge in [0.05, 0.1) is 21.6 Å². The molecule has 0 amide bonds. The van der Waals surface area contributed by atoms with Crippen LogP contribution in [0.5, 0.6) is 0 Å². The summed E-state index contributed by atoms with van der Waals surface area (Å²) in [6, 6.07) is 5.25. The molecule has 0 saturated heterocycles. The molecule has 1 rings (SSSR count). The quantitative estimate of drug-likeness (QED) is 0.532. The second-order valence-electron chi connectivity index (χ2n) is 2.35. The first-order chi connectivity index (χ1) is 5.61. The Morgan fingerprint density at radius 1 is 1.42 bits per heavy atom. The molecular formula is C8H8Cl2N2. The maximum absolute atomic E-state index is 7.19. The van der Waals surface area contributed by atoms with Crippen molar-refractivity contribution < 1.29 is 0 Å². The minimum atomic E-state index is 0.333. The number of amidine groups is 1. The van der Waals surface area contributed by atoms with Crippen LogP contribution in [0.1, 0.15) is 6.92 Å². The Bertz CT molecular complexity index is 310. The summed E-state index contributed by atoms with van der Waals surface area (Å²) in [5, 5.41) is 10.9. The molecule has 1 aromatic carbocycles. The van der Waals surface area contributed by atoms with Gasteiger partial charge in [0.2, 0.25) is 0 Å². The number of nitrogens with one attached hydrogen (secondary N) is 2. The van der Waals surface area contributed by atoms with E-state index in [1.807, 2.05) is 0 Å². The largest absolute Gasteiger partial charge is 0.343 e. The fourth-order valence-electron chi connectivity index (χ4n) is 0.802. The van der Waals surface area contributed by atoms with Crippen LogP contribution in [0, 0.1) is 5.41 Å². The van der Waals surface area contributed by atoms with Crippen LogP contribution in [0.4, 0.5) is 5.69 Å². The maximum Gasteiger partial charge on any atom is 0.0944 e. The second-order valence-corrected chi connectivity index (χ2v) is 3.14. The summed E-state index contributed by atoms with van der Waals surface area (Å²) in [6.45, 7) is 1.64. The third kappa shape index (κ3) is 2.13. The van der Waals surface area contributed by atoms with E-state index in [1.165, 1.54) is 0 Å². The van der Waals surface area contributed by atoms with Crippen molar-refractivity contribution in [3.05, 3.63) is 28.2 Å². The fourth-order valence-corrected chi connectivity index (χ4v) is 1.15. The Balaban J connectivity index is 3.00.